The number of benzene rings is 2. The van der Waals surface area contributed by atoms with Gasteiger partial charge in [0.25, 0.3) is 5.91 Å². The normalized spacial score (nSPS) is 18.2. The van der Waals surface area contributed by atoms with Crippen molar-refractivity contribution in [3.63, 3.8) is 0 Å². The van der Waals surface area contributed by atoms with E-state index in [1.54, 1.807) is 42.5 Å². The first kappa shape index (κ1) is 17.0. The first-order valence-electron chi connectivity index (χ1n) is 8.16. The predicted molar refractivity (Wildman–Crippen MR) is 102 cm³/mol. The molecule has 2 aromatic rings. The molecule has 1 aliphatic heterocycles. The van der Waals surface area contributed by atoms with Crippen molar-refractivity contribution in [2.75, 3.05) is 11.9 Å². The molecule has 4 rings (SSSR count). The van der Waals surface area contributed by atoms with Crippen molar-refractivity contribution < 1.29 is 9.53 Å². The lowest BCUT2D eigenvalue weighted by Gasteiger charge is -2.12. The van der Waals surface area contributed by atoms with E-state index in [0.29, 0.717) is 39.2 Å². The van der Waals surface area contributed by atoms with Gasteiger partial charge in [0.1, 0.15) is 12.4 Å². The molecule has 1 N–H and O–H groups in total. The van der Waals surface area contributed by atoms with Gasteiger partial charge in [0, 0.05) is 26.7 Å². The zero-order chi connectivity index (χ0) is 18.3. The molecule has 1 fully saturated rings. The quantitative estimate of drug-likeness (QED) is 0.739. The monoisotopic (exact) mass is 384 g/mol. The van der Waals surface area contributed by atoms with E-state index in [9.17, 15) is 10.1 Å². The Hall–Kier alpha value is -2.48. The molecule has 26 heavy (non-hydrogen) atoms. The van der Waals surface area contributed by atoms with E-state index < -0.39 is 0 Å². The molecule has 0 atom stereocenters. The lowest BCUT2D eigenvalue weighted by molar-refractivity contribution is -0.110. The highest BCUT2D eigenvalue weighted by atomic mass is 35.5. The van der Waals surface area contributed by atoms with Crippen LogP contribution in [0.5, 0.6) is 5.75 Å². The molecule has 0 unspecified atom stereocenters. The summed E-state index contributed by atoms with van der Waals surface area (Å²) in [5.74, 6) is 0.391. The number of amides is 1. The van der Waals surface area contributed by atoms with Gasteiger partial charge in [0.2, 0.25) is 0 Å². The lowest BCUT2D eigenvalue weighted by atomic mass is 10.0. The molecule has 2 aliphatic rings. The molecule has 0 saturated heterocycles. The number of carbonyl (C=O) groups excluding carboxylic acids is 1. The Labute approximate surface area is 161 Å². The van der Waals surface area contributed by atoms with Crippen LogP contribution in [0.1, 0.15) is 24.0 Å². The summed E-state index contributed by atoms with van der Waals surface area (Å²) in [4.78, 5) is 12.4. The third kappa shape index (κ3) is 3.16. The molecule has 1 saturated carbocycles. The Morgan fingerprint density at radius 3 is 2.65 bits per heavy atom. The molecule has 0 radical (unpaired) electrons. The Kier molecular flexibility index (Phi) is 4.14. The van der Waals surface area contributed by atoms with Gasteiger partial charge in [0.05, 0.1) is 17.2 Å². The van der Waals surface area contributed by atoms with Gasteiger partial charge < -0.3 is 10.1 Å². The van der Waals surface area contributed by atoms with Gasteiger partial charge in [-0.15, -0.1) is 0 Å². The summed E-state index contributed by atoms with van der Waals surface area (Å²) in [6, 6.07) is 12.8. The van der Waals surface area contributed by atoms with E-state index in [0.717, 1.165) is 18.4 Å². The minimum atomic E-state index is -0.377. The molecular formula is C20H14Cl2N2O2. The average molecular weight is 385 g/mol. The molecule has 0 aromatic heterocycles. The van der Waals surface area contributed by atoms with Crippen molar-refractivity contribution in [3.8, 4) is 11.8 Å². The highest BCUT2D eigenvalue weighted by Crippen LogP contribution is 2.45. The number of fused-ring (bicyclic) bond motifs is 1. The third-order valence-corrected chi connectivity index (χ3v) is 5.10. The molecule has 1 amide bonds. The number of hydrogen-bond donors (Lipinski definition) is 1. The minimum absolute atomic E-state index is 0.205. The maximum Gasteiger partial charge on any atom is 0.256 e. The van der Waals surface area contributed by atoms with Crippen molar-refractivity contribution in [1.82, 2.24) is 0 Å². The molecule has 0 spiro atoms. The second kappa shape index (κ2) is 6.35. The van der Waals surface area contributed by atoms with E-state index in [2.05, 4.69) is 11.4 Å². The third-order valence-electron chi connectivity index (χ3n) is 4.63. The fraction of sp³-hybridized carbons (Fsp3) is 0.200. The van der Waals surface area contributed by atoms with Crippen LogP contribution in [0.25, 0.3) is 11.6 Å². The van der Waals surface area contributed by atoms with Crippen LogP contribution in [-0.2, 0) is 4.79 Å². The van der Waals surface area contributed by atoms with Crippen LogP contribution in [0.4, 0.5) is 5.69 Å². The molecule has 4 nitrogen and oxygen atoms in total. The topological polar surface area (TPSA) is 62.1 Å². The van der Waals surface area contributed by atoms with Crippen molar-refractivity contribution >= 4 is 46.4 Å². The first-order valence-corrected chi connectivity index (χ1v) is 8.92. The van der Waals surface area contributed by atoms with E-state index in [4.69, 9.17) is 27.9 Å². The molecule has 2 aromatic carbocycles. The van der Waals surface area contributed by atoms with E-state index in [-0.39, 0.29) is 11.3 Å². The minimum Gasteiger partial charge on any atom is -0.491 e. The highest BCUT2D eigenvalue weighted by molar-refractivity contribution is 6.37. The van der Waals surface area contributed by atoms with Crippen LogP contribution in [0, 0.1) is 16.7 Å². The fourth-order valence-electron chi connectivity index (χ4n) is 2.88. The maximum atomic E-state index is 12.4. The number of nitrogens with zero attached hydrogens (tertiary/aromatic N) is 1. The Bertz CT molecular complexity index is 988. The van der Waals surface area contributed by atoms with Crippen LogP contribution < -0.4 is 10.1 Å². The van der Waals surface area contributed by atoms with Crippen LogP contribution in [0.3, 0.4) is 0 Å². The highest BCUT2D eigenvalue weighted by Gasteiger charge is 2.44. The van der Waals surface area contributed by atoms with Crippen molar-refractivity contribution in [2.45, 2.75) is 12.8 Å². The maximum absolute atomic E-state index is 12.4. The number of carbonyl (C=O) groups is 1. The van der Waals surface area contributed by atoms with Crippen LogP contribution in [0.15, 0.2) is 36.4 Å². The van der Waals surface area contributed by atoms with Crippen LogP contribution in [-0.4, -0.2) is 12.5 Å². The summed E-state index contributed by atoms with van der Waals surface area (Å²) in [7, 11) is 0. The van der Waals surface area contributed by atoms with Crippen molar-refractivity contribution in [1.29, 1.82) is 5.26 Å². The Morgan fingerprint density at radius 1 is 1.19 bits per heavy atom. The van der Waals surface area contributed by atoms with Gasteiger partial charge in [-0.2, -0.15) is 5.26 Å². The summed E-state index contributed by atoms with van der Waals surface area (Å²) in [5.41, 5.74) is 2.29. The number of ether oxygens (including phenoxy) is 1. The van der Waals surface area contributed by atoms with E-state index >= 15 is 0 Å². The van der Waals surface area contributed by atoms with Crippen molar-refractivity contribution in [3.05, 3.63) is 57.6 Å². The predicted octanol–water partition coefficient (Wildman–Crippen LogP) is 5.17. The van der Waals surface area contributed by atoms with Crippen LogP contribution >= 0.6 is 23.2 Å². The number of nitriles is 1. The van der Waals surface area contributed by atoms with Gasteiger partial charge in [-0.05, 0) is 49.2 Å². The summed E-state index contributed by atoms with van der Waals surface area (Å²) in [5, 5.41) is 13.1. The zero-order valence-electron chi connectivity index (χ0n) is 13.7. The lowest BCUT2D eigenvalue weighted by Crippen LogP contribution is -2.11. The number of nitrogens with one attached hydrogen (secondary N) is 1. The number of hydrogen-bond acceptors (Lipinski definition) is 3. The molecule has 6 heteroatoms. The van der Waals surface area contributed by atoms with Gasteiger partial charge >= 0.3 is 0 Å². The van der Waals surface area contributed by atoms with Gasteiger partial charge in [0.15, 0.2) is 0 Å². The Balaban J connectivity index is 1.70. The number of rotatable bonds is 4. The average Bonchev–Trinajstić information content (AvgIpc) is 3.34. The number of halogens is 2. The van der Waals surface area contributed by atoms with Crippen molar-refractivity contribution in [2.24, 2.45) is 5.41 Å². The molecule has 0 bridgehead atoms. The van der Waals surface area contributed by atoms with E-state index in [1.165, 1.54) is 0 Å². The summed E-state index contributed by atoms with van der Waals surface area (Å²) >= 11 is 12.1. The molecule has 1 aliphatic carbocycles. The second-order valence-electron chi connectivity index (χ2n) is 6.56. The first-order chi connectivity index (χ1) is 12.5. The Morgan fingerprint density at radius 2 is 1.92 bits per heavy atom. The van der Waals surface area contributed by atoms with Gasteiger partial charge in [-0.3, -0.25) is 4.79 Å². The second-order valence-corrected chi connectivity index (χ2v) is 7.44. The SMILES string of the molecule is N#CC1(COc2ccc(Cl)cc2C=C2C(=O)Nc3cc(Cl)ccc32)CC1. The largest absolute Gasteiger partial charge is 0.491 e. The standard InChI is InChI=1S/C20H14Cl2N2O2/c21-13-2-4-18(26-11-20(10-23)5-6-20)12(7-13)8-16-15-3-1-14(22)9-17(15)24-19(16)25/h1-4,7-9H,5-6,11H2,(H,24,25). The molecular weight excluding hydrogens is 371 g/mol. The molecule has 130 valence electrons. The molecule has 1 heterocycles. The smallest absolute Gasteiger partial charge is 0.256 e. The van der Waals surface area contributed by atoms with Crippen LogP contribution in [0.2, 0.25) is 10.0 Å². The number of anilines is 1. The zero-order valence-corrected chi connectivity index (χ0v) is 15.2. The fourth-order valence-corrected chi connectivity index (χ4v) is 3.24. The van der Waals surface area contributed by atoms with Gasteiger partial charge in [-0.1, -0.05) is 29.3 Å². The summed E-state index contributed by atoms with van der Waals surface area (Å²) in [6.45, 7) is 0.333. The van der Waals surface area contributed by atoms with E-state index in [1.807, 2.05) is 0 Å². The summed E-state index contributed by atoms with van der Waals surface area (Å²) < 4.78 is 5.88. The van der Waals surface area contributed by atoms with Gasteiger partial charge in [-0.25, -0.2) is 0 Å². The summed E-state index contributed by atoms with van der Waals surface area (Å²) in [6.07, 6.45) is 3.45.